The third-order valence-electron chi connectivity index (χ3n) is 8.24. The van der Waals surface area contributed by atoms with E-state index in [0.29, 0.717) is 56.6 Å². The summed E-state index contributed by atoms with van der Waals surface area (Å²) in [5.74, 6) is -0.348. The summed E-state index contributed by atoms with van der Waals surface area (Å²) < 4.78 is 45.9. The van der Waals surface area contributed by atoms with E-state index in [4.69, 9.17) is 25.8 Å². The molecule has 3 fully saturated rings. The van der Waals surface area contributed by atoms with E-state index in [1.54, 1.807) is 28.4 Å². The van der Waals surface area contributed by atoms with Gasteiger partial charge in [0.15, 0.2) is 0 Å². The van der Waals surface area contributed by atoms with E-state index in [0.717, 1.165) is 12.8 Å². The van der Waals surface area contributed by atoms with Crippen LogP contribution in [0.25, 0.3) is 0 Å². The standard InChI is InChI=1S/C26H37ClN2O7S/c1-4-20-6-5-7-22(29(20)37(32,33)21-10-8-19(27)9-11-21)26(12-13-26)36-24(31)28-16-14-25(35-3,15-17-28)18-23(30)34-2/h8-11,20,22H,4-7,12-18H2,1-3H3/t20-,22-/m1/s1. The van der Waals surface area contributed by atoms with Gasteiger partial charge in [-0.1, -0.05) is 24.9 Å². The number of carbonyl (C=O) groups is 2. The Morgan fingerprint density at radius 2 is 1.70 bits per heavy atom. The number of amides is 1. The first-order chi connectivity index (χ1) is 17.6. The molecule has 0 aromatic heterocycles. The number of hydrogen-bond acceptors (Lipinski definition) is 7. The van der Waals surface area contributed by atoms with Crippen molar-refractivity contribution in [3.8, 4) is 0 Å². The first-order valence-corrected chi connectivity index (χ1v) is 14.8. The van der Waals surface area contributed by atoms with Crippen molar-refractivity contribution in [2.24, 2.45) is 0 Å². The van der Waals surface area contributed by atoms with E-state index < -0.39 is 33.4 Å². The van der Waals surface area contributed by atoms with Crippen molar-refractivity contribution in [2.45, 2.75) is 92.9 Å². The van der Waals surface area contributed by atoms with Crippen molar-refractivity contribution in [2.75, 3.05) is 27.3 Å². The number of hydrogen-bond donors (Lipinski definition) is 0. The van der Waals surface area contributed by atoms with E-state index in [2.05, 4.69) is 0 Å². The normalized spacial score (nSPS) is 25.4. The summed E-state index contributed by atoms with van der Waals surface area (Å²) >= 11 is 6.00. The van der Waals surface area contributed by atoms with Gasteiger partial charge in [-0.15, -0.1) is 0 Å². The van der Waals surface area contributed by atoms with Crippen LogP contribution in [0, 0.1) is 0 Å². The molecule has 2 aliphatic heterocycles. The van der Waals surface area contributed by atoms with Gasteiger partial charge in [0.2, 0.25) is 10.0 Å². The fourth-order valence-electron chi connectivity index (χ4n) is 5.78. The van der Waals surface area contributed by atoms with Crippen LogP contribution in [-0.4, -0.2) is 80.3 Å². The molecule has 2 atom stereocenters. The number of ether oxygens (including phenoxy) is 3. The van der Waals surface area contributed by atoms with Gasteiger partial charge in [0.05, 0.1) is 30.1 Å². The summed E-state index contributed by atoms with van der Waals surface area (Å²) in [6, 6.07) is 5.65. The first-order valence-electron chi connectivity index (χ1n) is 13.0. The third-order valence-corrected chi connectivity index (χ3v) is 10.5. The fourth-order valence-corrected chi connectivity index (χ4v) is 7.91. The lowest BCUT2D eigenvalue weighted by Gasteiger charge is -2.45. The number of benzene rings is 1. The molecule has 2 saturated heterocycles. The van der Waals surface area contributed by atoms with Crippen molar-refractivity contribution < 1.29 is 32.2 Å². The molecule has 4 rings (SSSR count). The highest BCUT2D eigenvalue weighted by molar-refractivity contribution is 7.89. The van der Waals surface area contributed by atoms with Crippen LogP contribution in [0.5, 0.6) is 0 Å². The zero-order valence-corrected chi connectivity index (χ0v) is 23.4. The molecule has 1 amide bonds. The highest BCUT2D eigenvalue weighted by Crippen LogP contribution is 2.50. The maximum atomic E-state index is 13.8. The number of carbonyl (C=O) groups excluding carboxylic acids is 2. The Hall–Kier alpha value is -1.88. The molecule has 1 aliphatic carbocycles. The summed E-state index contributed by atoms with van der Waals surface area (Å²) in [7, 11) is -0.903. The van der Waals surface area contributed by atoms with Gasteiger partial charge in [0, 0.05) is 31.3 Å². The van der Waals surface area contributed by atoms with Crippen LogP contribution in [-0.2, 0) is 29.0 Å². The Bertz CT molecular complexity index is 1080. The van der Waals surface area contributed by atoms with E-state index >= 15 is 0 Å². The predicted molar refractivity (Wildman–Crippen MR) is 138 cm³/mol. The summed E-state index contributed by atoms with van der Waals surface area (Å²) in [5, 5.41) is 0.472. The average Bonchev–Trinajstić information content (AvgIpc) is 3.69. The predicted octanol–water partition coefficient (Wildman–Crippen LogP) is 4.38. The van der Waals surface area contributed by atoms with Crippen LogP contribution in [0.15, 0.2) is 29.2 Å². The molecule has 3 aliphatic rings. The van der Waals surface area contributed by atoms with Crippen LogP contribution >= 0.6 is 11.6 Å². The Morgan fingerprint density at radius 3 is 2.24 bits per heavy atom. The molecule has 0 unspecified atom stereocenters. The number of esters is 1. The Morgan fingerprint density at radius 1 is 1.05 bits per heavy atom. The second-order valence-corrected chi connectivity index (χ2v) is 12.6. The molecular formula is C26H37ClN2O7S. The number of nitrogens with zero attached hydrogens (tertiary/aromatic N) is 2. The number of methoxy groups -OCH3 is 2. The second-order valence-electron chi connectivity index (χ2n) is 10.4. The molecular weight excluding hydrogens is 520 g/mol. The number of rotatable bonds is 8. The molecule has 2 heterocycles. The minimum atomic E-state index is -3.82. The Labute approximate surface area is 224 Å². The number of halogens is 1. The van der Waals surface area contributed by atoms with Gasteiger partial charge in [-0.25, -0.2) is 13.2 Å². The lowest BCUT2D eigenvalue weighted by Crippen LogP contribution is -2.57. The van der Waals surface area contributed by atoms with Gasteiger partial charge in [0.25, 0.3) is 0 Å². The van der Waals surface area contributed by atoms with Crippen LogP contribution in [0.4, 0.5) is 4.79 Å². The fraction of sp³-hybridized carbons (Fsp3) is 0.692. The van der Waals surface area contributed by atoms with Crippen LogP contribution < -0.4 is 0 Å². The molecule has 0 radical (unpaired) electrons. The van der Waals surface area contributed by atoms with Crippen molar-refractivity contribution in [1.82, 2.24) is 9.21 Å². The molecule has 206 valence electrons. The van der Waals surface area contributed by atoms with Crippen molar-refractivity contribution in [3.05, 3.63) is 29.3 Å². The SMILES string of the molecule is CC[C@@H]1CCC[C@H](C2(OC(=O)N3CCC(CC(=O)OC)(OC)CC3)CC2)N1S(=O)(=O)c1ccc(Cl)cc1. The first kappa shape index (κ1) is 28.1. The lowest BCUT2D eigenvalue weighted by atomic mass is 9.88. The average molecular weight is 557 g/mol. The molecule has 0 N–H and O–H groups in total. The molecule has 1 saturated carbocycles. The molecule has 0 bridgehead atoms. The van der Waals surface area contributed by atoms with E-state index in [-0.39, 0.29) is 23.3 Å². The van der Waals surface area contributed by atoms with Crippen LogP contribution in [0.3, 0.4) is 0 Å². The molecule has 11 heteroatoms. The van der Waals surface area contributed by atoms with Crippen LogP contribution in [0.1, 0.15) is 64.7 Å². The molecule has 1 aromatic carbocycles. The highest BCUT2D eigenvalue weighted by atomic mass is 35.5. The maximum absolute atomic E-state index is 13.8. The smallest absolute Gasteiger partial charge is 0.410 e. The Balaban J connectivity index is 1.50. The van der Waals surface area contributed by atoms with Gasteiger partial charge in [0.1, 0.15) is 5.60 Å². The Kier molecular flexibility index (Phi) is 8.43. The van der Waals surface area contributed by atoms with E-state index in [1.807, 2.05) is 6.92 Å². The minimum Gasteiger partial charge on any atom is -0.469 e. The van der Waals surface area contributed by atoms with Crippen molar-refractivity contribution in [1.29, 1.82) is 0 Å². The summed E-state index contributed by atoms with van der Waals surface area (Å²) in [5.41, 5.74) is -1.49. The van der Waals surface area contributed by atoms with Gasteiger partial charge < -0.3 is 19.1 Å². The number of sulfonamides is 1. The van der Waals surface area contributed by atoms with Crippen molar-refractivity contribution in [3.63, 3.8) is 0 Å². The van der Waals surface area contributed by atoms with Crippen molar-refractivity contribution >= 4 is 33.7 Å². The summed E-state index contributed by atoms with van der Waals surface area (Å²) in [6.45, 7) is 2.76. The maximum Gasteiger partial charge on any atom is 0.410 e. The monoisotopic (exact) mass is 556 g/mol. The zero-order valence-electron chi connectivity index (χ0n) is 21.8. The van der Waals surface area contributed by atoms with Crippen LogP contribution in [0.2, 0.25) is 5.02 Å². The zero-order chi connectivity index (χ0) is 26.8. The molecule has 37 heavy (non-hydrogen) atoms. The minimum absolute atomic E-state index is 0.130. The topological polar surface area (TPSA) is 102 Å². The van der Waals surface area contributed by atoms with E-state index in [9.17, 15) is 18.0 Å². The highest BCUT2D eigenvalue weighted by Gasteiger charge is 2.59. The van der Waals surface area contributed by atoms with Gasteiger partial charge in [-0.3, -0.25) is 4.79 Å². The van der Waals surface area contributed by atoms with Gasteiger partial charge in [-0.2, -0.15) is 4.31 Å². The molecule has 9 nitrogen and oxygen atoms in total. The molecule has 0 spiro atoms. The van der Waals surface area contributed by atoms with Gasteiger partial charge >= 0.3 is 12.1 Å². The number of piperidine rings is 2. The number of likely N-dealkylation sites (tertiary alicyclic amines) is 1. The quantitative estimate of drug-likeness (QED) is 0.438. The molecule has 1 aromatic rings. The third kappa shape index (κ3) is 5.77. The lowest BCUT2D eigenvalue weighted by molar-refractivity contribution is -0.150. The van der Waals surface area contributed by atoms with Gasteiger partial charge in [-0.05, 0) is 69.2 Å². The second kappa shape index (κ2) is 11.1. The van der Waals surface area contributed by atoms with E-state index in [1.165, 1.54) is 19.2 Å². The largest absolute Gasteiger partial charge is 0.469 e. The summed E-state index contributed by atoms with van der Waals surface area (Å²) in [6.07, 6.45) is 4.89. The summed E-state index contributed by atoms with van der Waals surface area (Å²) in [4.78, 5) is 27.0.